The van der Waals surface area contributed by atoms with Gasteiger partial charge in [-0.3, -0.25) is 4.79 Å². The van der Waals surface area contributed by atoms with Crippen molar-refractivity contribution in [1.29, 1.82) is 0 Å². The van der Waals surface area contributed by atoms with Crippen molar-refractivity contribution >= 4 is 45.6 Å². The van der Waals surface area contributed by atoms with Crippen LogP contribution in [0.5, 0.6) is 5.75 Å². The number of hydrogen-bond donors (Lipinski definition) is 1. The predicted molar refractivity (Wildman–Crippen MR) is 124 cm³/mol. The summed E-state index contributed by atoms with van der Waals surface area (Å²) in [4.78, 5) is 24.3. The number of ether oxygens (including phenoxy) is 1. The van der Waals surface area contributed by atoms with Crippen molar-refractivity contribution in [2.45, 2.75) is 51.9 Å². The molecule has 0 saturated carbocycles. The van der Waals surface area contributed by atoms with E-state index in [1.165, 1.54) is 25.5 Å². The first-order valence-corrected chi connectivity index (χ1v) is 11.3. The third kappa shape index (κ3) is 8.67. The fourth-order valence-corrected chi connectivity index (χ4v) is 3.26. The zero-order valence-electron chi connectivity index (χ0n) is 17.0. The molecule has 30 heavy (non-hydrogen) atoms. The van der Waals surface area contributed by atoms with Gasteiger partial charge in [0.1, 0.15) is 5.75 Å². The predicted octanol–water partition coefficient (Wildman–Crippen LogP) is 6.52. The van der Waals surface area contributed by atoms with Crippen LogP contribution in [0, 0.1) is 0 Å². The summed E-state index contributed by atoms with van der Waals surface area (Å²) in [6, 6.07) is 11.6. The molecule has 0 unspecified atom stereocenters. The molecule has 0 aliphatic carbocycles. The summed E-state index contributed by atoms with van der Waals surface area (Å²) in [5.74, 6) is -0.292. The molecule has 7 heteroatoms. The van der Waals surface area contributed by atoms with Gasteiger partial charge in [0.25, 0.3) is 0 Å². The maximum Gasteiger partial charge on any atom is 0.343 e. The summed E-state index contributed by atoms with van der Waals surface area (Å²) in [5, 5.41) is 4.55. The monoisotopic (exact) mass is 492 g/mol. The quantitative estimate of drug-likeness (QED) is 0.127. The topological polar surface area (TPSA) is 67.8 Å². The molecule has 2 aromatic rings. The number of unbranched alkanes of at least 4 members (excludes halogenated alkanes) is 5. The lowest BCUT2D eigenvalue weighted by Crippen LogP contribution is -2.17. The number of carbonyl (C=O) groups is 2. The van der Waals surface area contributed by atoms with Crippen LogP contribution >= 0.6 is 27.5 Å². The minimum Gasteiger partial charge on any atom is -0.422 e. The highest BCUT2D eigenvalue weighted by atomic mass is 79.9. The van der Waals surface area contributed by atoms with Gasteiger partial charge in [-0.25, -0.2) is 10.2 Å². The molecule has 0 aliphatic rings. The number of benzene rings is 2. The first-order chi connectivity index (χ1) is 14.5. The maximum atomic E-state index is 12.4. The van der Waals surface area contributed by atoms with Gasteiger partial charge in [0.05, 0.1) is 11.8 Å². The van der Waals surface area contributed by atoms with E-state index in [0.29, 0.717) is 28.3 Å². The van der Waals surface area contributed by atoms with Crippen molar-refractivity contribution in [3.63, 3.8) is 0 Å². The second-order valence-electron chi connectivity index (χ2n) is 6.89. The van der Waals surface area contributed by atoms with Gasteiger partial charge in [-0.05, 0) is 48.9 Å². The van der Waals surface area contributed by atoms with Crippen LogP contribution in [-0.2, 0) is 4.79 Å². The first-order valence-electron chi connectivity index (χ1n) is 10.1. The van der Waals surface area contributed by atoms with Gasteiger partial charge in [-0.15, -0.1) is 0 Å². The fraction of sp³-hybridized carbons (Fsp3) is 0.348. The van der Waals surface area contributed by atoms with Crippen LogP contribution in [0.2, 0.25) is 5.02 Å². The third-order valence-corrected chi connectivity index (χ3v) is 5.15. The van der Waals surface area contributed by atoms with Crippen LogP contribution in [0.15, 0.2) is 52.0 Å². The third-order valence-electron chi connectivity index (χ3n) is 4.40. The molecular formula is C23H26BrClN2O3. The summed E-state index contributed by atoms with van der Waals surface area (Å²) >= 11 is 9.24. The zero-order chi connectivity index (χ0) is 21.8. The lowest BCUT2D eigenvalue weighted by Gasteiger charge is -2.08. The number of nitrogens with one attached hydrogen (secondary N) is 1. The van der Waals surface area contributed by atoms with Gasteiger partial charge >= 0.3 is 5.97 Å². The van der Waals surface area contributed by atoms with Crippen molar-refractivity contribution in [2.24, 2.45) is 5.10 Å². The number of nitrogens with zero attached hydrogens (tertiary/aromatic N) is 1. The molecule has 0 radical (unpaired) electrons. The molecule has 1 amide bonds. The number of amides is 1. The summed E-state index contributed by atoms with van der Waals surface area (Å²) < 4.78 is 6.29. The number of hydrazone groups is 1. The number of halogens is 2. The minimum atomic E-state index is -0.504. The molecule has 5 nitrogen and oxygen atoms in total. The zero-order valence-corrected chi connectivity index (χ0v) is 19.3. The fourth-order valence-electron chi connectivity index (χ4n) is 2.75. The van der Waals surface area contributed by atoms with Crippen LogP contribution in [0.3, 0.4) is 0 Å². The Morgan fingerprint density at radius 3 is 2.50 bits per heavy atom. The molecule has 0 aliphatic heterocycles. The summed E-state index contributed by atoms with van der Waals surface area (Å²) in [5.41, 5.74) is 3.48. The number of hydrogen-bond acceptors (Lipinski definition) is 4. The Balaban J connectivity index is 1.90. The van der Waals surface area contributed by atoms with Crippen LogP contribution in [0.25, 0.3) is 0 Å². The molecule has 2 rings (SSSR count). The average Bonchev–Trinajstić information content (AvgIpc) is 2.73. The average molecular weight is 494 g/mol. The lowest BCUT2D eigenvalue weighted by molar-refractivity contribution is -0.121. The van der Waals surface area contributed by atoms with Gasteiger partial charge in [0.2, 0.25) is 5.91 Å². The minimum absolute atomic E-state index is 0.128. The van der Waals surface area contributed by atoms with Gasteiger partial charge in [-0.2, -0.15) is 5.10 Å². The molecule has 0 bridgehead atoms. The van der Waals surface area contributed by atoms with Crippen molar-refractivity contribution in [3.05, 3.63) is 63.1 Å². The second-order valence-corrected chi connectivity index (χ2v) is 8.24. The standard InChI is InChI=1S/C23H26BrClN2O3/c1-2-3-4-5-6-7-8-22(28)27-26-16-18-15-19(24)11-14-21(18)30-23(29)17-9-12-20(25)13-10-17/h9-16H,2-8H2,1H3,(H,27,28). The molecular weight excluding hydrogens is 468 g/mol. The highest BCUT2D eigenvalue weighted by Crippen LogP contribution is 2.23. The van der Waals surface area contributed by atoms with E-state index in [0.717, 1.165) is 23.7 Å². The van der Waals surface area contributed by atoms with Crippen LogP contribution in [0.1, 0.15) is 67.8 Å². The SMILES string of the molecule is CCCCCCCCC(=O)NN=Cc1cc(Br)ccc1OC(=O)c1ccc(Cl)cc1. The number of esters is 1. The Kier molecular flexibility index (Phi) is 10.6. The first kappa shape index (κ1) is 24.1. The highest BCUT2D eigenvalue weighted by Gasteiger charge is 2.11. The maximum absolute atomic E-state index is 12.4. The Bertz CT molecular complexity index is 869. The van der Waals surface area contributed by atoms with E-state index in [1.807, 2.05) is 0 Å². The van der Waals surface area contributed by atoms with E-state index in [-0.39, 0.29) is 5.91 Å². The molecule has 1 N–H and O–H groups in total. The van der Waals surface area contributed by atoms with Gasteiger partial charge in [0, 0.05) is 21.5 Å². The van der Waals surface area contributed by atoms with Crippen molar-refractivity contribution < 1.29 is 14.3 Å². The molecule has 0 heterocycles. The summed E-state index contributed by atoms with van der Waals surface area (Å²) in [6.45, 7) is 2.18. The summed E-state index contributed by atoms with van der Waals surface area (Å²) in [7, 11) is 0. The van der Waals surface area contributed by atoms with E-state index in [2.05, 4.69) is 33.4 Å². The normalized spacial score (nSPS) is 10.9. The van der Waals surface area contributed by atoms with E-state index in [4.69, 9.17) is 16.3 Å². The number of rotatable bonds is 11. The molecule has 0 fully saturated rings. The molecule has 0 spiro atoms. The highest BCUT2D eigenvalue weighted by molar-refractivity contribution is 9.10. The molecule has 160 valence electrons. The molecule has 0 aromatic heterocycles. The van der Waals surface area contributed by atoms with E-state index >= 15 is 0 Å². The van der Waals surface area contributed by atoms with Crippen LogP contribution < -0.4 is 10.2 Å². The lowest BCUT2D eigenvalue weighted by atomic mass is 10.1. The Labute approximate surface area is 191 Å². The molecule has 0 saturated heterocycles. The Morgan fingerprint density at radius 1 is 1.07 bits per heavy atom. The Hall–Kier alpha value is -2.18. The van der Waals surface area contributed by atoms with Crippen LogP contribution in [0.4, 0.5) is 0 Å². The Morgan fingerprint density at radius 2 is 1.77 bits per heavy atom. The van der Waals surface area contributed by atoms with E-state index in [1.54, 1.807) is 42.5 Å². The number of carbonyl (C=O) groups excluding carboxylic acids is 2. The van der Waals surface area contributed by atoms with E-state index < -0.39 is 5.97 Å². The molecule has 0 atom stereocenters. The largest absolute Gasteiger partial charge is 0.422 e. The molecule has 2 aromatic carbocycles. The summed E-state index contributed by atoms with van der Waals surface area (Å²) in [6.07, 6.45) is 8.64. The van der Waals surface area contributed by atoms with Gasteiger partial charge in [0.15, 0.2) is 0 Å². The second kappa shape index (κ2) is 13.2. The van der Waals surface area contributed by atoms with E-state index in [9.17, 15) is 9.59 Å². The van der Waals surface area contributed by atoms with Gasteiger partial charge in [-0.1, -0.05) is 66.6 Å². The smallest absolute Gasteiger partial charge is 0.343 e. The van der Waals surface area contributed by atoms with Crippen molar-refractivity contribution in [3.8, 4) is 5.75 Å². The van der Waals surface area contributed by atoms with Crippen molar-refractivity contribution in [1.82, 2.24) is 5.43 Å². The van der Waals surface area contributed by atoms with Crippen LogP contribution in [-0.4, -0.2) is 18.1 Å². The van der Waals surface area contributed by atoms with Gasteiger partial charge < -0.3 is 4.74 Å². The van der Waals surface area contributed by atoms with Crippen molar-refractivity contribution in [2.75, 3.05) is 0 Å².